The number of fused-ring (bicyclic) bond motifs is 1. The third kappa shape index (κ3) is 29.4. The maximum atomic E-state index is 14.7. The number of ether oxygens (including phenoxy) is 1. The van der Waals surface area contributed by atoms with Gasteiger partial charge in [-0.05, 0) is 62.4 Å². The van der Waals surface area contributed by atoms with Crippen LogP contribution in [0.1, 0.15) is 122 Å². The van der Waals surface area contributed by atoms with Crippen molar-refractivity contribution in [2.75, 3.05) is 32.8 Å². The zero-order valence-electron chi connectivity index (χ0n) is 58.4. The molecule has 0 aliphatic carbocycles. The molecule has 2 aromatic carbocycles. The molecule has 23 N–H and O–H groups in total. The molecule has 572 valence electrons. The number of amides is 13. The number of H-pyrrole nitrogens is 1. The molecule has 104 heavy (non-hydrogen) atoms. The van der Waals surface area contributed by atoms with Crippen molar-refractivity contribution in [2.24, 2.45) is 23.1 Å². The molecule has 0 saturated carbocycles. The number of aromatic nitrogens is 1. The lowest BCUT2D eigenvalue weighted by molar-refractivity contribution is -0.156. The van der Waals surface area contributed by atoms with E-state index in [-0.39, 0.29) is 32.2 Å². The zero-order valence-corrected chi connectivity index (χ0v) is 58.4. The van der Waals surface area contributed by atoms with E-state index in [0.717, 1.165) is 39.0 Å². The third-order valence-corrected chi connectivity index (χ3v) is 16.5. The Kier molecular flexibility index (Phi) is 36.3. The Morgan fingerprint density at radius 2 is 1.09 bits per heavy atom. The van der Waals surface area contributed by atoms with Gasteiger partial charge in [-0.2, -0.15) is 0 Å². The second kappa shape index (κ2) is 44.0. The number of nitrogens with one attached hydrogen (secondary N) is 13. The van der Waals surface area contributed by atoms with Crippen LogP contribution in [0.25, 0.3) is 10.9 Å². The normalized spacial score (nSPS) is 22.9. The summed E-state index contributed by atoms with van der Waals surface area (Å²) >= 11 is 0. The van der Waals surface area contributed by atoms with Crippen LogP contribution in [0.4, 0.5) is 0 Å². The molecule has 1 fully saturated rings. The molecule has 0 spiro atoms. The van der Waals surface area contributed by atoms with Crippen LogP contribution < -0.4 is 81.0 Å². The first kappa shape index (κ1) is 85.8. The Morgan fingerprint density at radius 1 is 0.587 bits per heavy atom. The topological polar surface area (TPSA) is 601 Å². The number of aromatic amines is 1. The fourth-order valence-corrected chi connectivity index (χ4v) is 10.9. The first-order valence-corrected chi connectivity index (χ1v) is 34.1. The van der Waals surface area contributed by atoms with E-state index in [0.29, 0.717) is 28.5 Å². The number of unbranched alkanes of at least 4 members (excludes halogenated alkanes) is 5. The lowest BCUT2D eigenvalue weighted by Gasteiger charge is -2.30. The van der Waals surface area contributed by atoms with Crippen molar-refractivity contribution in [1.82, 2.24) is 68.8 Å². The van der Waals surface area contributed by atoms with Crippen LogP contribution in [-0.4, -0.2) is 226 Å². The molecule has 0 radical (unpaired) electrons. The number of nitrogens with two attached hydrogens (primary N) is 3. The van der Waals surface area contributed by atoms with E-state index in [9.17, 15) is 97.1 Å². The molecule has 1 aromatic heterocycles. The summed E-state index contributed by atoms with van der Waals surface area (Å²) in [6.07, 6.45) is -1.28. The van der Waals surface area contributed by atoms with Crippen LogP contribution >= 0.6 is 0 Å². The van der Waals surface area contributed by atoms with Crippen LogP contribution in [0, 0.1) is 5.92 Å². The van der Waals surface area contributed by atoms with E-state index >= 15 is 0 Å². The summed E-state index contributed by atoms with van der Waals surface area (Å²) in [5.41, 5.74) is 18.7. The molecule has 37 heteroatoms. The van der Waals surface area contributed by atoms with Gasteiger partial charge in [-0.3, -0.25) is 71.9 Å². The van der Waals surface area contributed by atoms with Gasteiger partial charge in [0.25, 0.3) is 0 Å². The van der Waals surface area contributed by atoms with Crippen molar-refractivity contribution in [3.05, 3.63) is 71.9 Å². The average Bonchev–Trinajstić information content (AvgIpc) is 1.50. The van der Waals surface area contributed by atoms with Gasteiger partial charge in [-0.15, -0.1) is 0 Å². The standard InChI is InChI=1S/C67H98N16O21/c1-5-6-7-8-9-13-18-39(85)27-51(87)76-49(34-84)64(100)83-57-36(4)104-67(103)48(25-37-16-11-10-12-17-37)81-61(97)43(22-24-69)77-65(101)56(35(2)3)82-63(99)44(26-38-31-71-41-20-15-14-19-40(38)41)74-52(88)32-72-59(95)47(30-55(92)93)80-62(98)45(28-50(70)86)75-53(89)33-73-58(94)46(29-54(90)91)79-60(96)42(21-23-68)78-66(57)102/h10-12,14-17,19-20,31,35-36,39,42-49,56-57,71,84-85H,5-9,13,18,21-30,32-34,68-69H2,1-4H3,(H2,70,86)(H,72,95)(H,73,94)(H,74,88)(H,75,89)(H,76,87)(H,77,101)(H,78,102)(H,79,96)(H,80,98)(H,81,97)(H,82,99)(H,83,100)(H,90,91)(H,92,93)/t36-,39?,42-,43+,44+,45-,46+,47-,48+,49-,56+,57+/m1/s1. The molecule has 1 aliphatic heterocycles. The van der Waals surface area contributed by atoms with E-state index in [4.69, 9.17) is 21.9 Å². The number of aliphatic hydroxyl groups is 2. The van der Waals surface area contributed by atoms with E-state index in [1.807, 2.05) is 5.32 Å². The summed E-state index contributed by atoms with van der Waals surface area (Å²) < 4.78 is 5.86. The summed E-state index contributed by atoms with van der Waals surface area (Å²) in [6.45, 7) is 2.28. The van der Waals surface area contributed by atoms with Gasteiger partial charge in [0.05, 0.1) is 51.5 Å². The van der Waals surface area contributed by atoms with Gasteiger partial charge >= 0.3 is 17.9 Å². The van der Waals surface area contributed by atoms with Gasteiger partial charge < -0.3 is 111 Å². The highest BCUT2D eigenvalue weighted by atomic mass is 16.5. The summed E-state index contributed by atoms with van der Waals surface area (Å²) in [7, 11) is 0. The molecule has 37 nitrogen and oxygen atoms in total. The fourth-order valence-electron chi connectivity index (χ4n) is 10.9. The molecule has 4 rings (SSSR count). The van der Waals surface area contributed by atoms with Crippen molar-refractivity contribution < 1.29 is 102 Å². The van der Waals surface area contributed by atoms with Gasteiger partial charge in [0, 0.05) is 29.9 Å². The number of hydrogen-bond donors (Lipinski definition) is 20. The highest BCUT2D eigenvalue weighted by molar-refractivity contribution is 6.01. The number of primary amides is 1. The minimum atomic E-state index is -2.14. The minimum absolute atomic E-state index is 0.229. The van der Waals surface area contributed by atoms with Crippen LogP contribution in [-0.2, 0) is 94.3 Å². The number of benzene rings is 2. The Morgan fingerprint density at radius 3 is 1.63 bits per heavy atom. The van der Waals surface area contributed by atoms with Crippen molar-refractivity contribution in [3.63, 3.8) is 0 Å². The monoisotopic (exact) mass is 1460 g/mol. The minimum Gasteiger partial charge on any atom is -0.481 e. The number of aliphatic carboxylic acids is 2. The molecule has 13 amide bonds. The molecule has 12 atom stereocenters. The Labute approximate surface area is 598 Å². The number of carboxylic acids is 2. The molecule has 2 heterocycles. The number of esters is 1. The number of hydrogen-bond acceptors (Lipinski definition) is 21. The van der Waals surface area contributed by atoms with Crippen LogP contribution in [0.2, 0.25) is 0 Å². The summed E-state index contributed by atoms with van der Waals surface area (Å²) in [6, 6.07) is -3.53. The van der Waals surface area contributed by atoms with Crippen molar-refractivity contribution in [3.8, 4) is 0 Å². The smallest absolute Gasteiger partial charge is 0.329 e. The molecule has 1 unspecified atom stereocenters. The average molecular weight is 1460 g/mol. The van der Waals surface area contributed by atoms with E-state index < -0.39 is 232 Å². The van der Waals surface area contributed by atoms with E-state index in [1.165, 1.54) is 13.8 Å². The second-order valence-corrected chi connectivity index (χ2v) is 25.3. The maximum Gasteiger partial charge on any atom is 0.329 e. The second-order valence-electron chi connectivity index (χ2n) is 25.3. The van der Waals surface area contributed by atoms with E-state index in [2.05, 4.69) is 70.4 Å². The first-order valence-electron chi connectivity index (χ1n) is 34.1. The van der Waals surface area contributed by atoms with Crippen molar-refractivity contribution >= 4 is 106 Å². The molecular weight excluding hydrogens is 1360 g/mol. The lowest BCUT2D eigenvalue weighted by Crippen LogP contribution is -2.62. The van der Waals surface area contributed by atoms with Crippen LogP contribution in [0.15, 0.2) is 60.8 Å². The van der Waals surface area contributed by atoms with Crippen LogP contribution in [0.3, 0.4) is 0 Å². The molecule has 1 aliphatic rings. The SMILES string of the molecule is CCCCCCCCC(O)CC(=O)N[C@H](CO)C(=O)N[C@@H]1C(=O)N[C@H](CCN)C(=O)N[C@@H](CC(=O)O)C(=O)NCC(=O)N[C@H](CC(N)=O)C(=O)N[C@H](CC(=O)O)C(=O)NCC(=O)N[C@@H](Cc2c[nH]c3ccccc23)C(=O)N[C@@H](C(C)C)C(=O)N[C@@H](CCN)C(=O)N[C@@H](Cc2ccccc2)C(=O)O[C@@H]1C. The summed E-state index contributed by atoms with van der Waals surface area (Å²) in [5, 5.41) is 69.0. The van der Waals surface area contributed by atoms with Gasteiger partial charge in [0.1, 0.15) is 66.5 Å². The Balaban J connectivity index is 1.84. The maximum absolute atomic E-state index is 14.7. The number of cyclic esters (lactones) is 1. The quantitative estimate of drug-likeness (QED) is 0.0238. The number of carbonyl (C=O) groups is 16. The van der Waals surface area contributed by atoms with Gasteiger partial charge in [0.2, 0.25) is 76.8 Å². The van der Waals surface area contributed by atoms with E-state index in [1.54, 1.807) is 60.8 Å². The largest absolute Gasteiger partial charge is 0.481 e. The number of carbonyl (C=O) groups excluding carboxylic acids is 14. The Hall–Kier alpha value is -10.7. The molecule has 0 bridgehead atoms. The highest BCUT2D eigenvalue weighted by Crippen LogP contribution is 2.20. The highest BCUT2D eigenvalue weighted by Gasteiger charge is 2.40. The van der Waals surface area contributed by atoms with Gasteiger partial charge in [0.15, 0.2) is 0 Å². The van der Waals surface area contributed by atoms with Gasteiger partial charge in [-0.25, -0.2) is 4.79 Å². The van der Waals surface area contributed by atoms with Gasteiger partial charge in [-0.1, -0.05) is 108 Å². The predicted octanol–water partition coefficient (Wildman–Crippen LogP) is -5.35. The molecule has 3 aromatic rings. The Bertz CT molecular complexity index is 3480. The number of aliphatic hydroxyl groups excluding tert-OH is 2. The zero-order chi connectivity index (χ0) is 77.2. The summed E-state index contributed by atoms with van der Waals surface area (Å²) in [4.78, 5) is 223. The fraction of sp³-hybridized carbons (Fsp3) is 0.552. The predicted molar refractivity (Wildman–Crippen MR) is 369 cm³/mol. The summed E-state index contributed by atoms with van der Waals surface area (Å²) in [5.74, 6) is -21.1. The molecular formula is C67H98N16O21. The number of rotatable bonds is 28. The number of carboxylic acid groups (broad SMARTS) is 2. The van der Waals surface area contributed by atoms with Crippen molar-refractivity contribution in [1.29, 1.82) is 0 Å². The molecule has 1 saturated heterocycles. The third-order valence-electron chi connectivity index (χ3n) is 16.5. The van der Waals surface area contributed by atoms with Crippen molar-refractivity contribution in [2.45, 2.75) is 197 Å². The van der Waals surface area contributed by atoms with Crippen LogP contribution in [0.5, 0.6) is 0 Å². The number of para-hydroxylation sites is 1. The first-order chi connectivity index (χ1) is 49.4. The lowest BCUT2D eigenvalue weighted by atomic mass is 10.00.